The second kappa shape index (κ2) is 7.60. The third-order valence-electron chi connectivity index (χ3n) is 3.47. The van der Waals surface area contributed by atoms with Crippen molar-refractivity contribution < 1.29 is 14.2 Å². The monoisotopic (exact) mass is 265 g/mol. The molecule has 3 unspecified atom stereocenters. The SMILES string of the molecule is CNC1CCC(COCc2ccccc2)OC1OC. The van der Waals surface area contributed by atoms with Gasteiger partial charge < -0.3 is 19.5 Å². The molecule has 4 nitrogen and oxygen atoms in total. The van der Waals surface area contributed by atoms with Crippen molar-refractivity contribution >= 4 is 0 Å². The lowest BCUT2D eigenvalue weighted by Crippen LogP contribution is -2.47. The summed E-state index contributed by atoms with van der Waals surface area (Å²) in [6, 6.07) is 10.5. The van der Waals surface area contributed by atoms with Gasteiger partial charge in [0, 0.05) is 7.11 Å². The van der Waals surface area contributed by atoms with E-state index < -0.39 is 0 Å². The van der Waals surface area contributed by atoms with Crippen molar-refractivity contribution in [1.29, 1.82) is 0 Å². The number of methoxy groups -OCH3 is 1. The molecule has 1 fully saturated rings. The van der Waals surface area contributed by atoms with Gasteiger partial charge >= 0.3 is 0 Å². The predicted octanol–water partition coefficient (Wildman–Crippen LogP) is 1.94. The van der Waals surface area contributed by atoms with E-state index >= 15 is 0 Å². The van der Waals surface area contributed by atoms with Crippen LogP contribution in [0.25, 0.3) is 0 Å². The fourth-order valence-electron chi connectivity index (χ4n) is 2.36. The molecule has 0 bridgehead atoms. The van der Waals surface area contributed by atoms with E-state index in [0.717, 1.165) is 12.8 Å². The van der Waals surface area contributed by atoms with Crippen LogP contribution in [0.1, 0.15) is 18.4 Å². The number of nitrogens with one attached hydrogen (secondary N) is 1. The maximum absolute atomic E-state index is 5.87. The van der Waals surface area contributed by atoms with Crippen molar-refractivity contribution in [3.63, 3.8) is 0 Å². The molecule has 0 saturated carbocycles. The van der Waals surface area contributed by atoms with Gasteiger partial charge in [0.05, 0.1) is 25.4 Å². The van der Waals surface area contributed by atoms with Gasteiger partial charge in [-0.2, -0.15) is 0 Å². The van der Waals surface area contributed by atoms with Crippen molar-refractivity contribution in [2.75, 3.05) is 20.8 Å². The average molecular weight is 265 g/mol. The normalized spacial score (nSPS) is 27.4. The van der Waals surface area contributed by atoms with E-state index in [-0.39, 0.29) is 18.4 Å². The Hall–Kier alpha value is -0.940. The highest BCUT2D eigenvalue weighted by Gasteiger charge is 2.30. The molecule has 1 heterocycles. The summed E-state index contributed by atoms with van der Waals surface area (Å²) in [6.45, 7) is 1.25. The van der Waals surface area contributed by atoms with E-state index in [1.165, 1.54) is 5.56 Å². The molecule has 0 amide bonds. The number of ether oxygens (including phenoxy) is 3. The summed E-state index contributed by atoms with van der Waals surface area (Å²) in [6.07, 6.45) is 2.00. The van der Waals surface area contributed by atoms with Crippen molar-refractivity contribution in [1.82, 2.24) is 5.32 Å². The van der Waals surface area contributed by atoms with E-state index in [1.807, 2.05) is 25.2 Å². The zero-order valence-electron chi connectivity index (χ0n) is 11.7. The van der Waals surface area contributed by atoms with Crippen LogP contribution in [0.5, 0.6) is 0 Å². The van der Waals surface area contributed by atoms with E-state index in [1.54, 1.807) is 7.11 Å². The van der Waals surface area contributed by atoms with Gasteiger partial charge in [-0.3, -0.25) is 0 Å². The number of hydrogen-bond donors (Lipinski definition) is 1. The Labute approximate surface area is 115 Å². The molecule has 106 valence electrons. The first-order chi connectivity index (χ1) is 9.33. The Balaban J connectivity index is 1.72. The minimum atomic E-state index is -0.177. The first-order valence-electron chi connectivity index (χ1n) is 6.80. The topological polar surface area (TPSA) is 39.7 Å². The molecule has 1 aromatic carbocycles. The lowest BCUT2D eigenvalue weighted by atomic mass is 10.0. The molecule has 1 aromatic rings. The zero-order valence-corrected chi connectivity index (χ0v) is 11.7. The van der Waals surface area contributed by atoms with Crippen LogP contribution in [0.15, 0.2) is 30.3 Å². The van der Waals surface area contributed by atoms with Crippen LogP contribution in [-0.2, 0) is 20.8 Å². The second-order valence-corrected chi connectivity index (χ2v) is 4.84. The summed E-state index contributed by atoms with van der Waals surface area (Å²) in [7, 11) is 3.62. The standard InChI is InChI=1S/C15H23NO3/c1-16-14-9-8-13(19-15(14)17-2)11-18-10-12-6-4-3-5-7-12/h3-7,13-16H,8-11H2,1-2H3. The Morgan fingerprint density at radius 2 is 2.05 bits per heavy atom. The number of hydrogen-bond acceptors (Lipinski definition) is 4. The summed E-state index contributed by atoms with van der Waals surface area (Å²) >= 11 is 0. The predicted molar refractivity (Wildman–Crippen MR) is 73.8 cm³/mol. The largest absolute Gasteiger partial charge is 0.374 e. The molecule has 0 spiro atoms. The highest BCUT2D eigenvalue weighted by Crippen LogP contribution is 2.20. The van der Waals surface area contributed by atoms with Crippen LogP contribution in [-0.4, -0.2) is 39.2 Å². The molecule has 1 N–H and O–H groups in total. The summed E-state index contributed by atoms with van der Waals surface area (Å²) in [4.78, 5) is 0. The summed E-state index contributed by atoms with van der Waals surface area (Å²) < 4.78 is 16.9. The molecule has 19 heavy (non-hydrogen) atoms. The fraction of sp³-hybridized carbons (Fsp3) is 0.600. The number of rotatable bonds is 6. The molecule has 1 aliphatic heterocycles. The minimum Gasteiger partial charge on any atom is -0.374 e. The van der Waals surface area contributed by atoms with Gasteiger partial charge in [0.1, 0.15) is 0 Å². The van der Waals surface area contributed by atoms with Gasteiger partial charge in [0.2, 0.25) is 0 Å². The maximum Gasteiger partial charge on any atom is 0.172 e. The van der Waals surface area contributed by atoms with Crippen LogP contribution >= 0.6 is 0 Å². The van der Waals surface area contributed by atoms with E-state index in [0.29, 0.717) is 13.2 Å². The van der Waals surface area contributed by atoms with E-state index in [9.17, 15) is 0 Å². The first kappa shape index (κ1) is 14.5. The molecule has 1 aliphatic rings. The van der Waals surface area contributed by atoms with Gasteiger partial charge in [0.15, 0.2) is 6.29 Å². The van der Waals surface area contributed by atoms with Crippen molar-refractivity contribution in [3.05, 3.63) is 35.9 Å². The van der Waals surface area contributed by atoms with Gasteiger partial charge in [0.25, 0.3) is 0 Å². The molecule has 3 atom stereocenters. The second-order valence-electron chi connectivity index (χ2n) is 4.84. The van der Waals surface area contributed by atoms with Crippen LogP contribution in [0, 0.1) is 0 Å². The van der Waals surface area contributed by atoms with Crippen LogP contribution < -0.4 is 5.32 Å². The van der Waals surface area contributed by atoms with E-state index in [2.05, 4.69) is 17.4 Å². The highest BCUT2D eigenvalue weighted by molar-refractivity contribution is 5.13. The third-order valence-corrected chi connectivity index (χ3v) is 3.47. The minimum absolute atomic E-state index is 0.123. The molecule has 0 aliphatic carbocycles. The van der Waals surface area contributed by atoms with Gasteiger partial charge in [-0.25, -0.2) is 0 Å². The summed E-state index contributed by atoms with van der Waals surface area (Å²) in [5.74, 6) is 0. The first-order valence-corrected chi connectivity index (χ1v) is 6.80. The van der Waals surface area contributed by atoms with Gasteiger partial charge in [-0.15, -0.1) is 0 Å². The van der Waals surface area contributed by atoms with Crippen LogP contribution in [0.3, 0.4) is 0 Å². The van der Waals surface area contributed by atoms with Gasteiger partial charge in [-0.05, 0) is 25.5 Å². The lowest BCUT2D eigenvalue weighted by molar-refractivity contribution is -0.205. The Bertz CT molecular complexity index is 358. The Kier molecular flexibility index (Phi) is 5.79. The quantitative estimate of drug-likeness (QED) is 0.853. The Morgan fingerprint density at radius 1 is 1.26 bits per heavy atom. The number of benzene rings is 1. The maximum atomic E-state index is 5.87. The summed E-state index contributed by atoms with van der Waals surface area (Å²) in [5, 5.41) is 3.22. The smallest absolute Gasteiger partial charge is 0.172 e. The molecule has 2 rings (SSSR count). The molecule has 0 aromatic heterocycles. The Morgan fingerprint density at radius 3 is 2.74 bits per heavy atom. The zero-order chi connectivity index (χ0) is 13.5. The third kappa shape index (κ3) is 4.28. The van der Waals surface area contributed by atoms with Crippen LogP contribution in [0.2, 0.25) is 0 Å². The van der Waals surface area contributed by atoms with Crippen molar-refractivity contribution in [3.8, 4) is 0 Å². The van der Waals surface area contributed by atoms with Gasteiger partial charge in [-0.1, -0.05) is 30.3 Å². The highest BCUT2D eigenvalue weighted by atomic mass is 16.7. The number of likely N-dealkylation sites (N-methyl/N-ethyl adjacent to an activating group) is 1. The lowest BCUT2D eigenvalue weighted by Gasteiger charge is -2.35. The molecular formula is C15H23NO3. The fourth-order valence-corrected chi connectivity index (χ4v) is 2.36. The molecule has 0 radical (unpaired) electrons. The molecular weight excluding hydrogens is 242 g/mol. The summed E-state index contributed by atoms with van der Waals surface area (Å²) in [5.41, 5.74) is 1.19. The van der Waals surface area contributed by atoms with Crippen molar-refractivity contribution in [2.24, 2.45) is 0 Å². The molecule has 4 heteroatoms. The van der Waals surface area contributed by atoms with E-state index in [4.69, 9.17) is 14.2 Å². The van der Waals surface area contributed by atoms with Crippen LogP contribution in [0.4, 0.5) is 0 Å². The average Bonchev–Trinajstić information content (AvgIpc) is 2.48. The molecule has 1 saturated heterocycles. The van der Waals surface area contributed by atoms with Crippen molar-refractivity contribution in [2.45, 2.75) is 37.9 Å².